The number of aromatic amines is 1. The van der Waals surface area contributed by atoms with Crippen molar-refractivity contribution in [2.24, 2.45) is 5.73 Å². The molecule has 4 N–H and O–H groups in total. The summed E-state index contributed by atoms with van der Waals surface area (Å²) in [6, 6.07) is 4.10. The van der Waals surface area contributed by atoms with Crippen molar-refractivity contribution in [3.05, 3.63) is 36.0 Å². The highest BCUT2D eigenvalue weighted by Crippen LogP contribution is 2.25. The fourth-order valence-electron chi connectivity index (χ4n) is 1.70. The van der Waals surface area contributed by atoms with Crippen LogP contribution in [0, 0.1) is 5.82 Å². The fourth-order valence-corrected chi connectivity index (χ4v) is 1.70. The molecule has 0 aliphatic carbocycles. The van der Waals surface area contributed by atoms with E-state index in [0.717, 1.165) is 0 Å². The van der Waals surface area contributed by atoms with Gasteiger partial charge in [-0.15, -0.1) is 0 Å². The fraction of sp³-hybridized carbons (Fsp3) is 0.308. The van der Waals surface area contributed by atoms with Crippen molar-refractivity contribution in [3.8, 4) is 17.0 Å². The Labute approximate surface area is 110 Å². The van der Waals surface area contributed by atoms with Crippen LogP contribution < -0.4 is 10.5 Å². The molecule has 1 heterocycles. The normalized spacial score (nSPS) is 12.4. The van der Waals surface area contributed by atoms with Gasteiger partial charge in [0.15, 0.2) is 11.6 Å². The first-order valence-corrected chi connectivity index (χ1v) is 5.99. The molecule has 1 unspecified atom stereocenters. The highest BCUT2D eigenvalue weighted by Gasteiger charge is 2.11. The van der Waals surface area contributed by atoms with Gasteiger partial charge in [-0.1, -0.05) is 0 Å². The summed E-state index contributed by atoms with van der Waals surface area (Å²) in [5.41, 5.74) is 6.92. The standard InChI is InChI=1S/C13H16FN3O2/c1-2-19-12-4-3-8(5-9(12)14)11-6-16-13(17-11)10(15)7-18/h3-6,10,18H,2,7,15H2,1H3,(H,16,17). The highest BCUT2D eigenvalue weighted by molar-refractivity contribution is 5.60. The van der Waals surface area contributed by atoms with Crippen LogP contribution in [0.1, 0.15) is 18.8 Å². The number of hydrogen-bond acceptors (Lipinski definition) is 4. The van der Waals surface area contributed by atoms with Crippen molar-refractivity contribution >= 4 is 0 Å². The van der Waals surface area contributed by atoms with Crippen molar-refractivity contribution in [1.29, 1.82) is 0 Å². The van der Waals surface area contributed by atoms with Crippen LogP contribution >= 0.6 is 0 Å². The van der Waals surface area contributed by atoms with Gasteiger partial charge in [-0.05, 0) is 25.1 Å². The molecule has 0 bridgehead atoms. The van der Waals surface area contributed by atoms with Crippen LogP contribution in [0.2, 0.25) is 0 Å². The van der Waals surface area contributed by atoms with E-state index in [9.17, 15) is 4.39 Å². The van der Waals surface area contributed by atoms with E-state index < -0.39 is 11.9 Å². The number of ether oxygens (including phenoxy) is 1. The van der Waals surface area contributed by atoms with Crippen LogP contribution in [0.4, 0.5) is 4.39 Å². The maximum atomic E-state index is 13.7. The van der Waals surface area contributed by atoms with Crippen molar-refractivity contribution in [2.45, 2.75) is 13.0 Å². The molecule has 0 aliphatic rings. The van der Waals surface area contributed by atoms with Gasteiger partial charge in [0.2, 0.25) is 0 Å². The number of imidazole rings is 1. The first-order chi connectivity index (χ1) is 9.15. The molecule has 0 radical (unpaired) electrons. The first kappa shape index (κ1) is 13.5. The molecule has 19 heavy (non-hydrogen) atoms. The SMILES string of the molecule is CCOc1ccc(-c2cnc(C(N)CO)[nH]2)cc1F. The lowest BCUT2D eigenvalue weighted by Crippen LogP contribution is -2.15. The molecule has 1 aromatic carbocycles. The molecule has 0 aliphatic heterocycles. The number of nitrogens with zero attached hydrogens (tertiary/aromatic N) is 1. The molecule has 0 fully saturated rings. The molecule has 2 rings (SSSR count). The van der Waals surface area contributed by atoms with E-state index in [1.165, 1.54) is 6.07 Å². The Hall–Kier alpha value is -1.92. The van der Waals surface area contributed by atoms with Crippen LogP contribution in [-0.4, -0.2) is 28.3 Å². The molecule has 102 valence electrons. The van der Waals surface area contributed by atoms with E-state index in [0.29, 0.717) is 23.7 Å². The van der Waals surface area contributed by atoms with Gasteiger partial charge in [0, 0.05) is 5.56 Å². The molecule has 0 saturated heterocycles. The molecule has 0 spiro atoms. The summed E-state index contributed by atoms with van der Waals surface area (Å²) in [6.45, 7) is 2.01. The van der Waals surface area contributed by atoms with Crippen LogP contribution in [0.25, 0.3) is 11.3 Å². The molecule has 6 heteroatoms. The number of H-pyrrole nitrogens is 1. The summed E-state index contributed by atoms with van der Waals surface area (Å²) >= 11 is 0. The summed E-state index contributed by atoms with van der Waals surface area (Å²) in [5, 5.41) is 8.95. The molecule has 1 aromatic heterocycles. The minimum atomic E-state index is -0.568. The summed E-state index contributed by atoms with van der Waals surface area (Å²) in [5.74, 6) is 0.256. The third-order valence-corrected chi connectivity index (χ3v) is 2.69. The van der Waals surface area contributed by atoms with Gasteiger partial charge in [-0.2, -0.15) is 0 Å². The van der Waals surface area contributed by atoms with Crippen molar-refractivity contribution in [1.82, 2.24) is 9.97 Å². The summed E-state index contributed by atoms with van der Waals surface area (Å²) in [6.07, 6.45) is 1.56. The third-order valence-electron chi connectivity index (χ3n) is 2.69. The molecule has 1 atom stereocenters. The molecular weight excluding hydrogens is 249 g/mol. The average Bonchev–Trinajstić information content (AvgIpc) is 2.90. The predicted molar refractivity (Wildman–Crippen MR) is 69.2 cm³/mol. The second-order valence-corrected chi connectivity index (χ2v) is 4.05. The number of benzene rings is 1. The maximum Gasteiger partial charge on any atom is 0.165 e. The number of hydrogen-bond donors (Lipinski definition) is 3. The van der Waals surface area contributed by atoms with E-state index in [1.807, 2.05) is 0 Å². The zero-order valence-corrected chi connectivity index (χ0v) is 10.6. The Morgan fingerprint density at radius 1 is 1.53 bits per heavy atom. The molecule has 0 amide bonds. The Balaban J connectivity index is 2.27. The Morgan fingerprint density at radius 3 is 2.95 bits per heavy atom. The highest BCUT2D eigenvalue weighted by atomic mass is 19.1. The van der Waals surface area contributed by atoms with Gasteiger partial charge in [0.1, 0.15) is 5.82 Å². The van der Waals surface area contributed by atoms with Gasteiger partial charge in [0.25, 0.3) is 0 Å². The second kappa shape index (κ2) is 5.81. The Bertz CT molecular complexity index is 557. The van der Waals surface area contributed by atoms with Crippen molar-refractivity contribution < 1.29 is 14.2 Å². The summed E-state index contributed by atoms with van der Waals surface area (Å²) in [4.78, 5) is 7.01. The Kier molecular flexibility index (Phi) is 4.13. The lowest BCUT2D eigenvalue weighted by molar-refractivity contribution is 0.264. The minimum absolute atomic E-state index is 0.204. The number of aromatic nitrogens is 2. The number of rotatable bonds is 5. The zero-order valence-electron chi connectivity index (χ0n) is 10.6. The molecule has 0 saturated carbocycles. The minimum Gasteiger partial charge on any atom is -0.491 e. The second-order valence-electron chi connectivity index (χ2n) is 4.05. The van der Waals surface area contributed by atoms with Crippen LogP contribution in [0.3, 0.4) is 0 Å². The number of aliphatic hydroxyl groups excluding tert-OH is 1. The number of nitrogens with one attached hydrogen (secondary N) is 1. The predicted octanol–water partition coefficient (Wildman–Crippen LogP) is 1.61. The van der Waals surface area contributed by atoms with Gasteiger partial charge in [-0.3, -0.25) is 0 Å². The molecular formula is C13H16FN3O2. The van der Waals surface area contributed by atoms with E-state index in [4.69, 9.17) is 15.6 Å². The van der Waals surface area contributed by atoms with E-state index in [1.54, 1.807) is 25.3 Å². The Morgan fingerprint density at radius 2 is 2.32 bits per heavy atom. The van der Waals surface area contributed by atoms with Gasteiger partial charge in [0.05, 0.1) is 31.1 Å². The number of halogens is 1. The summed E-state index contributed by atoms with van der Waals surface area (Å²) in [7, 11) is 0. The molecule has 2 aromatic rings. The van der Waals surface area contributed by atoms with E-state index in [-0.39, 0.29) is 12.4 Å². The zero-order chi connectivity index (χ0) is 13.8. The lowest BCUT2D eigenvalue weighted by atomic mass is 10.1. The van der Waals surface area contributed by atoms with Gasteiger partial charge < -0.3 is 20.6 Å². The van der Waals surface area contributed by atoms with Crippen LogP contribution in [0.15, 0.2) is 24.4 Å². The lowest BCUT2D eigenvalue weighted by Gasteiger charge is -2.06. The van der Waals surface area contributed by atoms with Crippen molar-refractivity contribution in [3.63, 3.8) is 0 Å². The van der Waals surface area contributed by atoms with E-state index in [2.05, 4.69) is 9.97 Å². The van der Waals surface area contributed by atoms with Gasteiger partial charge in [-0.25, -0.2) is 9.37 Å². The largest absolute Gasteiger partial charge is 0.491 e. The maximum absolute atomic E-state index is 13.7. The van der Waals surface area contributed by atoms with E-state index >= 15 is 0 Å². The first-order valence-electron chi connectivity index (χ1n) is 5.99. The van der Waals surface area contributed by atoms with Crippen molar-refractivity contribution in [2.75, 3.05) is 13.2 Å². The third kappa shape index (κ3) is 2.91. The summed E-state index contributed by atoms with van der Waals surface area (Å²) < 4.78 is 18.9. The van der Waals surface area contributed by atoms with Gasteiger partial charge >= 0.3 is 0 Å². The van der Waals surface area contributed by atoms with Crippen LogP contribution in [0.5, 0.6) is 5.75 Å². The molecule has 5 nitrogen and oxygen atoms in total. The van der Waals surface area contributed by atoms with Crippen LogP contribution in [-0.2, 0) is 0 Å². The smallest absolute Gasteiger partial charge is 0.165 e. The quantitative estimate of drug-likeness (QED) is 0.766. The number of aliphatic hydroxyl groups is 1. The topological polar surface area (TPSA) is 84.2 Å². The monoisotopic (exact) mass is 265 g/mol. The number of nitrogens with two attached hydrogens (primary N) is 1. The average molecular weight is 265 g/mol.